The van der Waals surface area contributed by atoms with Crippen LogP contribution in [-0.4, -0.2) is 4.98 Å². The van der Waals surface area contributed by atoms with E-state index >= 15 is 0 Å². The summed E-state index contributed by atoms with van der Waals surface area (Å²) in [6, 6.07) is 0. The fourth-order valence-electron chi connectivity index (χ4n) is 0.341. The van der Waals surface area contributed by atoms with Crippen LogP contribution in [0.4, 0.5) is 0 Å². The number of rotatable bonds is 1. The Morgan fingerprint density at radius 2 is 2.71 bits per heavy atom. The molecule has 0 bridgehead atoms. The Morgan fingerprint density at radius 3 is 3.00 bits per heavy atom. The largest absolute Gasteiger partial charge is 0.190 e. The third-order valence-corrected chi connectivity index (χ3v) is 1.51. The van der Waals surface area contributed by atoms with E-state index in [1.54, 1.807) is 0 Å². The molecule has 1 aromatic heterocycles. The average Bonchev–Trinajstić information content (AvgIpc) is 2.14. The van der Waals surface area contributed by atoms with Crippen LogP contribution in [0.5, 0.6) is 0 Å². The van der Waals surface area contributed by atoms with E-state index in [0.29, 0.717) is 0 Å². The molecule has 0 aliphatic heterocycles. The highest BCUT2D eigenvalue weighted by atomic mass is 32.1. The zero-order valence-corrected chi connectivity index (χ0v) is 4.88. The lowest BCUT2D eigenvalue weighted by Crippen LogP contribution is -1.71. The summed E-state index contributed by atoms with van der Waals surface area (Å²) in [7, 11) is 0. The molecular weight excluding hydrogens is 106 g/mol. The first kappa shape index (κ1) is 4.61. The van der Waals surface area contributed by atoms with Gasteiger partial charge >= 0.3 is 0 Å². The van der Waals surface area contributed by atoms with Gasteiger partial charge in [0, 0.05) is 5.38 Å². The molecule has 1 heterocycles. The molecule has 0 amide bonds. The minimum Gasteiger partial charge on any atom is -0.190 e. The summed E-state index contributed by atoms with van der Waals surface area (Å²) in [6.07, 6.45) is 3.63. The molecule has 1 aromatic rings. The zero-order chi connectivity index (χ0) is 5.11. The fourth-order valence-corrected chi connectivity index (χ4v) is 0.786. The van der Waals surface area contributed by atoms with Crippen molar-refractivity contribution < 1.29 is 0 Å². The Hall–Kier alpha value is -0.550. The van der Waals surface area contributed by atoms with Crippen molar-refractivity contribution in [3.63, 3.8) is 0 Å². The molecule has 0 radical (unpaired) electrons. The smallest absolute Gasteiger partial charge is 0.112 e. The van der Waals surface area contributed by atoms with Gasteiger partial charge in [-0.3, -0.25) is 0 Å². The van der Waals surface area contributed by atoms with E-state index in [-0.39, 0.29) is 0 Å². The molecule has 0 atom stereocenters. The fraction of sp³-hybridized carbons (Fsp3) is 0.400. The van der Waals surface area contributed by atoms with E-state index in [1.165, 1.54) is 11.3 Å². The molecule has 0 saturated heterocycles. The predicted molar refractivity (Wildman–Crippen MR) is 29.2 cm³/mol. The summed E-state index contributed by atoms with van der Waals surface area (Å²) in [5.41, 5.74) is 0. The highest BCUT2D eigenvalue weighted by Crippen LogP contribution is 1.97. The van der Waals surface area contributed by atoms with Gasteiger partial charge in [0.25, 0.3) is 0 Å². The standard InChI is InChI=1S/C5H5NS/c1-2-5-6-3-4-7-5/h2H2,1H3. The quantitative estimate of drug-likeness (QED) is 0.532. The third kappa shape index (κ3) is 0.908. The van der Waals surface area contributed by atoms with Gasteiger partial charge in [-0.25, -0.2) is 0 Å². The molecule has 0 fully saturated rings. The van der Waals surface area contributed by atoms with Crippen LogP contribution in [0.1, 0.15) is 11.9 Å². The second-order valence-electron chi connectivity index (χ2n) is 1.18. The third-order valence-electron chi connectivity index (χ3n) is 0.698. The summed E-state index contributed by atoms with van der Waals surface area (Å²) >= 11 is 1.53. The SMILES string of the molecule is CCc1nc#cs1. The van der Waals surface area contributed by atoms with Gasteiger partial charge in [-0.05, 0) is 6.42 Å². The first-order valence-electron chi connectivity index (χ1n) is 2.17. The molecule has 0 unspecified atom stereocenters. The minimum absolute atomic E-state index is 1.00. The van der Waals surface area contributed by atoms with E-state index in [1.807, 2.05) is 0 Å². The Kier molecular flexibility index (Phi) is 1.28. The maximum Gasteiger partial charge on any atom is 0.112 e. The molecule has 0 aliphatic rings. The van der Waals surface area contributed by atoms with Crippen LogP contribution in [0.3, 0.4) is 0 Å². The predicted octanol–water partition coefficient (Wildman–Crippen LogP) is 1.31. The molecule has 1 nitrogen and oxygen atoms in total. The van der Waals surface area contributed by atoms with Crippen LogP contribution in [-0.2, 0) is 6.42 Å². The van der Waals surface area contributed by atoms with Crippen molar-refractivity contribution in [2.75, 3.05) is 0 Å². The van der Waals surface area contributed by atoms with E-state index < -0.39 is 0 Å². The van der Waals surface area contributed by atoms with Gasteiger partial charge in [-0.2, -0.15) is 4.98 Å². The zero-order valence-electron chi connectivity index (χ0n) is 4.06. The van der Waals surface area contributed by atoms with Crippen molar-refractivity contribution in [3.8, 4) is 0 Å². The summed E-state index contributed by atoms with van der Waals surface area (Å²) < 4.78 is 0. The number of hydrogen-bond donors (Lipinski definition) is 0. The van der Waals surface area contributed by atoms with Crippen molar-refractivity contribution in [2.45, 2.75) is 13.3 Å². The molecule has 0 spiro atoms. The molecule has 7 heavy (non-hydrogen) atoms. The van der Waals surface area contributed by atoms with Crippen LogP contribution in [0, 0.1) is 11.6 Å². The second kappa shape index (κ2) is 1.94. The normalized spacial score (nSPS) is 8.14. The second-order valence-corrected chi connectivity index (χ2v) is 2.05. The van der Waals surface area contributed by atoms with Crippen LogP contribution in [0.15, 0.2) is 0 Å². The van der Waals surface area contributed by atoms with Gasteiger partial charge in [0.2, 0.25) is 0 Å². The monoisotopic (exact) mass is 111 g/mol. The first-order valence-corrected chi connectivity index (χ1v) is 2.98. The first-order chi connectivity index (χ1) is 3.43. The molecule has 2 heteroatoms. The molecule has 0 N–H and O–H groups in total. The van der Waals surface area contributed by atoms with E-state index in [4.69, 9.17) is 0 Å². The number of nitrogens with zero attached hydrogens (tertiary/aromatic N) is 1. The lowest BCUT2D eigenvalue weighted by atomic mass is 10.5. The number of aromatic nitrogens is 1. The van der Waals surface area contributed by atoms with E-state index in [0.717, 1.165) is 11.4 Å². The van der Waals surface area contributed by atoms with Crippen LogP contribution in [0.25, 0.3) is 0 Å². The maximum absolute atomic E-state index is 3.87. The van der Waals surface area contributed by atoms with Gasteiger partial charge in [0.1, 0.15) is 5.01 Å². The Labute approximate surface area is 47.0 Å². The number of hydrogen-bond acceptors (Lipinski definition) is 2. The van der Waals surface area contributed by atoms with Crippen LogP contribution >= 0.6 is 11.3 Å². The minimum atomic E-state index is 1.00. The highest BCUT2D eigenvalue weighted by Gasteiger charge is 1.83. The van der Waals surface area contributed by atoms with Crippen LogP contribution < -0.4 is 0 Å². The number of aryl methyl sites for hydroxylation is 1. The molecule has 1 rings (SSSR count). The molecule has 0 aliphatic carbocycles. The molecular formula is C5H5NS. The van der Waals surface area contributed by atoms with Gasteiger partial charge in [0.15, 0.2) is 0 Å². The van der Waals surface area contributed by atoms with Crippen molar-refractivity contribution >= 4 is 11.3 Å². The topological polar surface area (TPSA) is 12.9 Å². The van der Waals surface area contributed by atoms with E-state index in [2.05, 4.69) is 23.5 Å². The van der Waals surface area contributed by atoms with E-state index in [9.17, 15) is 0 Å². The van der Waals surface area contributed by atoms with Crippen molar-refractivity contribution in [1.82, 2.24) is 4.98 Å². The van der Waals surface area contributed by atoms with Gasteiger partial charge in [-0.15, -0.1) is 0 Å². The molecule has 0 saturated carbocycles. The average molecular weight is 111 g/mol. The molecule has 0 aromatic carbocycles. The van der Waals surface area contributed by atoms with Gasteiger partial charge in [-0.1, -0.05) is 18.3 Å². The molecule has 36 valence electrons. The van der Waals surface area contributed by atoms with Crippen molar-refractivity contribution in [1.29, 1.82) is 0 Å². The lowest BCUT2D eigenvalue weighted by molar-refractivity contribution is 1.09. The van der Waals surface area contributed by atoms with Crippen molar-refractivity contribution in [2.24, 2.45) is 0 Å². The highest BCUT2D eigenvalue weighted by molar-refractivity contribution is 7.08. The summed E-state index contributed by atoms with van der Waals surface area (Å²) in [5.74, 6) is 0. The maximum atomic E-state index is 3.87. The lowest BCUT2D eigenvalue weighted by Gasteiger charge is -1.75. The van der Waals surface area contributed by atoms with Gasteiger partial charge < -0.3 is 0 Å². The Balaban J connectivity index is 2.76. The van der Waals surface area contributed by atoms with Crippen molar-refractivity contribution in [3.05, 3.63) is 16.6 Å². The Bertz CT molecular complexity index is 123. The summed E-state index contributed by atoms with van der Waals surface area (Å²) in [4.78, 5) is 3.87. The van der Waals surface area contributed by atoms with Crippen LogP contribution in [0.2, 0.25) is 0 Å². The Morgan fingerprint density at radius 1 is 1.86 bits per heavy atom. The summed E-state index contributed by atoms with van der Waals surface area (Å²) in [6.45, 7) is 2.07. The summed E-state index contributed by atoms with van der Waals surface area (Å²) in [5, 5.41) is 3.90. The van der Waals surface area contributed by atoms with Gasteiger partial charge in [0.05, 0.1) is 6.20 Å².